The lowest BCUT2D eigenvalue weighted by Crippen LogP contribution is -2.47. The van der Waals surface area contributed by atoms with Gasteiger partial charge in [0.25, 0.3) is 5.91 Å². The number of carbonyl (C=O) groups is 1. The van der Waals surface area contributed by atoms with Gasteiger partial charge in [0, 0.05) is 37.4 Å². The molecule has 1 aromatic carbocycles. The van der Waals surface area contributed by atoms with Crippen LogP contribution in [0.15, 0.2) is 30.3 Å². The Morgan fingerprint density at radius 3 is 2.46 bits per heavy atom. The summed E-state index contributed by atoms with van der Waals surface area (Å²) in [6.45, 7) is 3.46. The second kappa shape index (κ2) is 6.40. The van der Waals surface area contributed by atoms with E-state index in [2.05, 4.69) is 24.1 Å². The van der Waals surface area contributed by atoms with Gasteiger partial charge in [-0.2, -0.15) is 5.10 Å². The van der Waals surface area contributed by atoms with Gasteiger partial charge >= 0.3 is 0 Å². The van der Waals surface area contributed by atoms with Gasteiger partial charge in [-0.25, -0.2) is 4.68 Å². The zero-order valence-corrected chi connectivity index (χ0v) is 14.2. The molecule has 0 bridgehead atoms. The topological polar surface area (TPSA) is 41.4 Å². The summed E-state index contributed by atoms with van der Waals surface area (Å²) in [5.41, 5.74) is 4.13. The molecule has 0 spiro atoms. The van der Waals surface area contributed by atoms with Crippen LogP contribution in [0.5, 0.6) is 0 Å². The van der Waals surface area contributed by atoms with Crippen molar-refractivity contribution in [2.24, 2.45) is 0 Å². The molecule has 5 nitrogen and oxygen atoms in total. The number of piperazine rings is 1. The first-order valence-corrected chi connectivity index (χ1v) is 8.88. The number of amides is 1. The Bertz CT molecular complexity index is 729. The molecule has 126 valence electrons. The van der Waals surface area contributed by atoms with Gasteiger partial charge < -0.3 is 9.80 Å². The summed E-state index contributed by atoms with van der Waals surface area (Å²) < 4.78 is 2.00. The van der Waals surface area contributed by atoms with Crippen LogP contribution in [0.4, 0.5) is 0 Å². The van der Waals surface area contributed by atoms with Gasteiger partial charge in [0.05, 0.1) is 5.69 Å². The van der Waals surface area contributed by atoms with E-state index in [1.165, 1.54) is 17.7 Å². The molecular formula is C19H24N4O. The summed E-state index contributed by atoms with van der Waals surface area (Å²) in [6, 6.07) is 10.2. The minimum Gasteiger partial charge on any atom is -0.335 e. The van der Waals surface area contributed by atoms with E-state index in [9.17, 15) is 4.79 Å². The Morgan fingerprint density at radius 1 is 1.00 bits per heavy atom. The number of benzene rings is 1. The summed E-state index contributed by atoms with van der Waals surface area (Å²) in [4.78, 5) is 17.3. The number of aromatic nitrogens is 2. The smallest absolute Gasteiger partial charge is 0.274 e. The standard InChI is InChI=1S/C19H24N4O/c1-21-11-13-22(14-12-21)19(24)18-16-9-5-6-10-17(16)23(20-18)15-7-3-2-4-8-15/h2-4,7-8H,5-6,9-14H2,1H3. The second-order valence-corrected chi connectivity index (χ2v) is 6.82. The number of fused-ring (bicyclic) bond motifs is 1. The largest absolute Gasteiger partial charge is 0.335 e. The van der Waals surface area contributed by atoms with Gasteiger partial charge in [0.15, 0.2) is 5.69 Å². The number of para-hydroxylation sites is 1. The molecule has 5 heteroatoms. The van der Waals surface area contributed by atoms with Crippen LogP contribution in [0.25, 0.3) is 5.69 Å². The van der Waals surface area contributed by atoms with Crippen molar-refractivity contribution < 1.29 is 4.79 Å². The van der Waals surface area contributed by atoms with Crippen LogP contribution in [-0.4, -0.2) is 58.7 Å². The maximum atomic E-state index is 13.1. The van der Waals surface area contributed by atoms with Gasteiger partial charge in [-0.05, 0) is 44.9 Å². The maximum Gasteiger partial charge on any atom is 0.274 e. The SMILES string of the molecule is CN1CCN(C(=O)c2nn(-c3ccccc3)c3c2CCCC3)CC1. The van der Waals surface area contributed by atoms with Gasteiger partial charge in [0.2, 0.25) is 0 Å². The molecule has 0 atom stereocenters. The highest BCUT2D eigenvalue weighted by Gasteiger charge is 2.29. The molecule has 0 N–H and O–H groups in total. The summed E-state index contributed by atoms with van der Waals surface area (Å²) in [5.74, 6) is 0.107. The van der Waals surface area contributed by atoms with E-state index < -0.39 is 0 Å². The monoisotopic (exact) mass is 324 g/mol. The molecule has 0 radical (unpaired) electrons. The molecule has 0 saturated carbocycles. The molecule has 1 aliphatic heterocycles. The number of carbonyl (C=O) groups excluding carboxylic acids is 1. The number of rotatable bonds is 2. The Labute approximate surface area is 142 Å². The molecule has 24 heavy (non-hydrogen) atoms. The zero-order chi connectivity index (χ0) is 16.5. The van der Waals surface area contributed by atoms with Crippen molar-refractivity contribution >= 4 is 5.91 Å². The fourth-order valence-electron chi connectivity index (χ4n) is 3.71. The Kier molecular flexibility index (Phi) is 4.10. The Balaban J connectivity index is 1.71. The molecule has 2 aliphatic rings. The lowest BCUT2D eigenvalue weighted by atomic mass is 9.95. The van der Waals surface area contributed by atoms with E-state index in [4.69, 9.17) is 5.10 Å². The predicted molar refractivity (Wildman–Crippen MR) is 93.6 cm³/mol. The van der Waals surface area contributed by atoms with Crippen molar-refractivity contribution in [3.8, 4) is 5.69 Å². The Hall–Kier alpha value is -2.14. The van der Waals surface area contributed by atoms with Crippen LogP contribution in [0, 0.1) is 0 Å². The highest BCUT2D eigenvalue weighted by atomic mass is 16.2. The quantitative estimate of drug-likeness (QED) is 0.850. The van der Waals surface area contributed by atoms with Crippen molar-refractivity contribution in [1.82, 2.24) is 19.6 Å². The maximum absolute atomic E-state index is 13.1. The lowest BCUT2D eigenvalue weighted by molar-refractivity contribution is 0.0656. The fourth-order valence-corrected chi connectivity index (χ4v) is 3.71. The van der Waals surface area contributed by atoms with Crippen LogP contribution in [0.1, 0.15) is 34.6 Å². The summed E-state index contributed by atoms with van der Waals surface area (Å²) in [7, 11) is 2.10. The molecule has 1 aromatic heterocycles. The minimum atomic E-state index is 0.107. The number of hydrogen-bond donors (Lipinski definition) is 0. The van der Waals surface area contributed by atoms with Crippen molar-refractivity contribution in [3.63, 3.8) is 0 Å². The number of likely N-dealkylation sites (N-methyl/N-ethyl adjacent to an activating group) is 1. The average molecular weight is 324 g/mol. The van der Waals surface area contributed by atoms with Crippen molar-refractivity contribution in [2.75, 3.05) is 33.2 Å². The van der Waals surface area contributed by atoms with Gasteiger partial charge in [-0.3, -0.25) is 4.79 Å². The normalized spacial score (nSPS) is 18.5. The molecule has 1 fully saturated rings. The van der Waals surface area contributed by atoms with Gasteiger partial charge in [0.1, 0.15) is 0 Å². The Morgan fingerprint density at radius 2 is 1.71 bits per heavy atom. The van der Waals surface area contributed by atoms with E-state index in [0.29, 0.717) is 5.69 Å². The molecule has 4 rings (SSSR count). The zero-order valence-electron chi connectivity index (χ0n) is 14.2. The van der Waals surface area contributed by atoms with E-state index in [0.717, 1.165) is 51.1 Å². The predicted octanol–water partition coefficient (Wildman–Crippen LogP) is 2.14. The first kappa shape index (κ1) is 15.4. The molecule has 0 unspecified atom stereocenters. The summed E-state index contributed by atoms with van der Waals surface area (Å²) in [6.07, 6.45) is 4.30. The highest BCUT2D eigenvalue weighted by molar-refractivity contribution is 5.94. The molecule has 2 aromatic rings. The third-order valence-electron chi connectivity index (χ3n) is 5.17. The molecule has 1 aliphatic carbocycles. The molecule has 2 heterocycles. The van der Waals surface area contributed by atoms with Crippen molar-refractivity contribution in [2.45, 2.75) is 25.7 Å². The first-order chi connectivity index (χ1) is 11.7. The van der Waals surface area contributed by atoms with Crippen LogP contribution < -0.4 is 0 Å². The third-order valence-corrected chi connectivity index (χ3v) is 5.17. The van der Waals surface area contributed by atoms with Gasteiger partial charge in [-0.1, -0.05) is 18.2 Å². The molecular weight excluding hydrogens is 300 g/mol. The van der Waals surface area contributed by atoms with E-state index in [-0.39, 0.29) is 5.91 Å². The summed E-state index contributed by atoms with van der Waals surface area (Å²) in [5, 5.41) is 4.77. The van der Waals surface area contributed by atoms with E-state index in [1.807, 2.05) is 27.8 Å². The molecule has 1 amide bonds. The minimum absolute atomic E-state index is 0.107. The van der Waals surface area contributed by atoms with Crippen LogP contribution in [-0.2, 0) is 12.8 Å². The average Bonchev–Trinajstić information content (AvgIpc) is 3.02. The van der Waals surface area contributed by atoms with Crippen LogP contribution in [0.2, 0.25) is 0 Å². The van der Waals surface area contributed by atoms with Crippen LogP contribution in [0.3, 0.4) is 0 Å². The van der Waals surface area contributed by atoms with Crippen LogP contribution >= 0.6 is 0 Å². The van der Waals surface area contributed by atoms with Crippen molar-refractivity contribution in [3.05, 3.63) is 47.3 Å². The number of hydrogen-bond acceptors (Lipinski definition) is 3. The number of nitrogens with zero attached hydrogens (tertiary/aromatic N) is 4. The first-order valence-electron chi connectivity index (χ1n) is 8.88. The van der Waals surface area contributed by atoms with E-state index >= 15 is 0 Å². The van der Waals surface area contributed by atoms with Crippen molar-refractivity contribution in [1.29, 1.82) is 0 Å². The molecule has 1 saturated heterocycles. The van der Waals surface area contributed by atoms with E-state index in [1.54, 1.807) is 0 Å². The highest BCUT2D eigenvalue weighted by Crippen LogP contribution is 2.27. The summed E-state index contributed by atoms with van der Waals surface area (Å²) >= 11 is 0. The third kappa shape index (κ3) is 2.73. The lowest BCUT2D eigenvalue weighted by Gasteiger charge is -2.32. The fraction of sp³-hybridized carbons (Fsp3) is 0.474. The second-order valence-electron chi connectivity index (χ2n) is 6.82. The van der Waals surface area contributed by atoms with Gasteiger partial charge in [-0.15, -0.1) is 0 Å².